The van der Waals surface area contributed by atoms with Crippen molar-refractivity contribution < 1.29 is 4.84 Å². The Bertz CT molecular complexity index is 462. The molecule has 1 aromatic heterocycles. The van der Waals surface area contributed by atoms with Crippen molar-refractivity contribution in [3.63, 3.8) is 0 Å². The van der Waals surface area contributed by atoms with Gasteiger partial charge in [-0.2, -0.15) is 5.10 Å². The molecule has 4 nitrogen and oxygen atoms in total. The Hall–Kier alpha value is -1.65. The van der Waals surface area contributed by atoms with Gasteiger partial charge in [-0.1, -0.05) is 30.3 Å². The fourth-order valence-electron chi connectivity index (χ4n) is 1.63. The molecule has 3 N–H and O–H groups in total. The number of rotatable bonds is 3. The van der Waals surface area contributed by atoms with Crippen molar-refractivity contribution in [3.05, 3.63) is 42.1 Å². The van der Waals surface area contributed by atoms with E-state index in [4.69, 9.17) is 10.7 Å². The fraction of sp³-hybridized carbons (Fsp3) is 0.250. The highest BCUT2D eigenvalue weighted by molar-refractivity contribution is 5.63. The highest BCUT2D eigenvalue weighted by Gasteiger charge is 2.26. The van der Waals surface area contributed by atoms with Crippen LogP contribution in [0.15, 0.2) is 36.5 Å². The van der Waals surface area contributed by atoms with Crippen LogP contribution in [0, 0.1) is 0 Å². The van der Waals surface area contributed by atoms with Crippen molar-refractivity contribution in [2.24, 2.45) is 5.90 Å². The Morgan fingerprint density at radius 1 is 1.25 bits per heavy atom. The molecule has 0 aliphatic carbocycles. The Morgan fingerprint density at radius 2 is 1.94 bits per heavy atom. The summed E-state index contributed by atoms with van der Waals surface area (Å²) in [7, 11) is 0. The Labute approximate surface area is 94.4 Å². The van der Waals surface area contributed by atoms with Crippen LogP contribution < -0.4 is 5.90 Å². The van der Waals surface area contributed by atoms with E-state index in [2.05, 4.69) is 10.2 Å². The van der Waals surface area contributed by atoms with E-state index in [1.54, 1.807) is 6.20 Å². The fourth-order valence-corrected chi connectivity index (χ4v) is 1.63. The quantitative estimate of drug-likeness (QED) is 0.775. The van der Waals surface area contributed by atoms with Gasteiger partial charge in [0, 0.05) is 5.56 Å². The molecule has 4 heteroatoms. The minimum Gasteiger partial charge on any atom is -0.294 e. The summed E-state index contributed by atoms with van der Waals surface area (Å²) < 4.78 is 0. The lowest BCUT2D eigenvalue weighted by atomic mass is 9.96. The molecule has 0 bridgehead atoms. The summed E-state index contributed by atoms with van der Waals surface area (Å²) >= 11 is 0. The van der Waals surface area contributed by atoms with Crippen molar-refractivity contribution in [2.45, 2.75) is 19.4 Å². The Kier molecular flexibility index (Phi) is 2.77. The second-order valence-electron chi connectivity index (χ2n) is 4.15. The molecule has 0 radical (unpaired) electrons. The molecule has 16 heavy (non-hydrogen) atoms. The summed E-state index contributed by atoms with van der Waals surface area (Å²) in [6.45, 7) is 3.81. The van der Waals surface area contributed by atoms with Crippen LogP contribution >= 0.6 is 0 Å². The molecule has 1 heterocycles. The summed E-state index contributed by atoms with van der Waals surface area (Å²) in [6.07, 6.45) is 1.75. The third-order valence-corrected chi connectivity index (χ3v) is 2.65. The van der Waals surface area contributed by atoms with Gasteiger partial charge in [0.15, 0.2) is 0 Å². The molecule has 0 spiro atoms. The van der Waals surface area contributed by atoms with E-state index in [1.807, 2.05) is 44.2 Å². The van der Waals surface area contributed by atoms with Gasteiger partial charge in [-0.05, 0) is 19.4 Å². The molecular weight excluding hydrogens is 202 g/mol. The van der Waals surface area contributed by atoms with Crippen molar-refractivity contribution >= 4 is 0 Å². The molecule has 1 aromatic carbocycles. The molecule has 0 aliphatic heterocycles. The van der Waals surface area contributed by atoms with Gasteiger partial charge in [-0.15, -0.1) is 0 Å². The first-order valence-corrected chi connectivity index (χ1v) is 5.12. The minimum absolute atomic E-state index is 0.557. The molecule has 0 aliphatic rings. The first-order valence-electron chi connectivity index (χ1n) is 5.12. The van der Waals surface area contributed by atoms with Gasteiger partial charge in [0.05, 0.1) is 11.9 Å². The highest BCUT2D eigenvalue weighted by atomic mass is 16.6. The van der Waals surface area contributed by atoms with Crippen LogP contribution in [-0.2, 0) is 10.4 Å². The SMILES string of the molecule is CC(C)(ON)c1cn[nH]c1-c1ccccc1. The van der Waals surface area contributed by atoms with Gasteiger partial charge in [0.1, 0.15) is 5.60 Å². The van der Waals surface area contributed by atoms with E-state index >= 15 is 0 Å². The van der Waals surface area contributed by atoms with Gasteiger partial charge in [0.2, 0.25) is 0 Å². The second-order valence-corrected chi connectivity index (χ2v) is 4.15. The standard InChI is InChI=1S/C12H15N3O/c1-12(2,16-13)10-8-14-15-11(10)9-6-4-3-5-7-9/h3-8H,13H2,1-2H3,(H,14,15). The molecule has 0 amide bonds. The third kappa shape index (κ3) is 1.85. The number of nitrogens with two attached hydrogens (primary N) is 1. The maximum atomic E-state index is 5.30. The summed E-state index contributed by atoms with van der Waals surface area (Å²) in [5, 5.41) is 7.03. The zero-order valence-corrected chi connectivity index (χ0v) is 9.40. The predicted octanol–water partition coefficient (Wildman–Crippen LogP) is 2.20. The third-order valence-electron chi connectivity index (χ3n) is 2.65. The Balaban J connectivity index is 2.49. The minimum atomic E-state index is -0.557. The molecular formula is C12H15N3O. The number of H-pyrrole nitrogens is 1. The number of hydrogen-bond donors (Lipinski definition) is 2. The van der Waals surface area contributed by atoms with Crippen LogP contribution in [0.4, 0.5) is 0 Å². The van der Waals surface area contributed by atoms with Crippen LogP contribution in [0.1, 0.15) is 19.4 Å². The summed E-state index contributed by atoms with van der Waals surface area (Å²) in [5.41, 5.74) is 2.40. The van der Waals surface area contributed by atoms with Crippen LogP contribution in [0.5, 0.6) is 0 Å². The van der Waals surface area contributed by atoms with Gasteiger partial charge < -0.3 is 0 Å². The lowest BCUT2D eigenvalue weighted by molar-refractivity contribution is -0.0231. The van der Waals surface area contributed by atoms with E-state index < -0.39 is 5.60 Å². The maximum absolute atomic E-state index is 5.30. The van der Waals surface area contributed by atoms with Gasteiger partial charge in [-0.3, -0.25) is 9.94 Å². The maximum Gasteiger partial charge on any atom is 0.112 e. The average molecular weight is 217 g/mol. The summed E-state index contributed by atoms with van der Waals surface area (Å²) in [6, 6.07) is 9.98. The summed E-state index contributed by atoms with van der Waals surface area (Å²) in [5.74, 6) is 5.30. The van der Waals surface area contributed by atoms with Crippen molar-refractivity contribution in [1.82, 2.24) is 10.2 Å². The largest absolute Gasteiger partial charge is 0.294 e. The lowest BCUT2D eigenvalue weighted by Crippen LogP contribution is -2.25. The van der Waals surface area contributed by atoms with E-state index in [-0.39, 0.29) is 0 Å². The number of nitrogens with one attached hydrogen (secondary N) is 1. The topological polar surface area (TPSA) is 63.9 Å². The number of benzene rings is 1. The zero-order valence-electron chi connectivity index (χ0n) is 9.40. The van der Waals surface area contributed by atoms with E-state index in [0.29, 0.717) is 0 Å². The highest BCUT2D eigenvalue weighted by Crippen LogP contribution is 2.31. The molecule has 0 atom stereocenters. The molecule has 0 saturated heterocycles. The molecule has 84 valence electrons. The zero-order chi connectivity index (χ0) is 11.6. The van der Waals surface area contributed by atoms with Crippen LogP contribution in [0.3, 0.4) is 0 Å². The van der Waals surface area contributed by atoms with E-state index in [1.165, 1.54) is 0 Å². The average Bonchev–Trinajstić information content (AvgIpc) is 2.80. The number of nitrogens with zero attached hydrogens (tertiary/aromatic N) is 1. The second kappa shape index (κ2) is 4.08. The van der Waals surface area contributed by atoms with Crippen LogP contribution in [-0.4, -0.2) is 10.2 Å². The van der Waals surface area contributed by atoms with Gasteiger partial charge >= 0.3 is 0 Å². The normalized spacial score (nSPS) is 11.7. The first kappa shape index (κ1) is 10.9. The Morgan fingerprint density at radius 3 is 2.56 bits per heavy atom. The molecule has 0 unspecified atom stereocenters. The van der Waals surface area contributed by atoms with Crippen molar-refractivity contribution in [1.29, 1.82) is 0 Å². The predicted molar refractivity (Wildman–Crippen MR) is 62.3 cm³/mol. The van der Waals surface area contributed by atoms with E-state index in [0.717, 1.165) is 16.8 Å². The van der Waals surface area contributed by atoms with Gasteiger partial charge in [0.25, 0.3) is 0 Å². The van der Waals surface area contributed by atoms with Crippen LogP contribution in [0.2, 0.25) is 0 Å². The monoisotopic (exact) mass is 217 g/mol. The number of aromatic amines is 1. The van der Waals surface area contributed by atoms with E-state index in [9.17, 15) is 0 Å². The molecule has 2 aromatic rings. The number of hydrogen-bond acceptors (Lipinski definition) is 3. The van der Waals surface area contributed by atoms with Crippen molar-refractivity contribution in [3.8, 4) is 11.3 Å². The first-order chi connectivity index (χ1) is 7.65. The summed E-state index contributed by atoms with van der Waals surface area (Å²) in [4.78, 5) is 4.98. The molecule has 0 saturated carbocycles. The molecule has 0 fully saturated rings. The molecule has 2 rings (SSSR count). The smallest absolute Gasteiger partial charge is 0.112 e. The van der Waals surface area contributed by atoms with Crippen molar-refractivity contribution in [2.75, 3.05) is 0 Å². The number of aromatic nitrogens is 2. The lowest BCUT2D eigenvalue weighted by Gasteiger charge is -2.21. The van der Waals surface area contributed by atoms with Crippen LogP contribution in [0.25, 0.3) is 11.3 Å². The van der Waals surface area contributed by atoms with Gasteiger partial charge in [-0.25, -0.2) is 5.90 Å².